The largest absolute Gasteiger partial charge is 0.455 e. The maximum absolute atomic E-state index is 5.83. The fourth-order valence-corrected chi connectivity index (χ4v) is 3.05. The number of anilines is 1. The molecule has 9 nitrogen and oxygen atoms in total. The van der Waals surface area contributed by atoms with Crippen LogP contribution >= 0.6 is 0 Å². The highest BCUT2D eigenvalue weighted by Gasteiger charge is 2.33. The average Bonchev–Trinajstić information content (AvgIpc) is 3.16. The van der Waals surface area contributed by atoms with Crippen molar-refractivity contribution in [2.45, 2.75) is 20.8 Å². The molecule has 0 aliphatic carbocycles. The summed E-state index contributed by atoms with van der Waals surface area (Å²) >= 11 is 0. The van der Waals surface area contributed by atoms with E-state index in [-0.39, 0.29) is 5.41 Å². The summed E-state index contributed by atoms with van der Waals surface area (Å²) < 4.78 is 9.42. The van der Waals surface area contributed by atoms with Gasteiger partial charge in [0.05, 0.1) is 17.8 Å². The van der Waals surface area contributed by atoms with Gasteiger partial charge in [-0.05, 0) is 6.07 Å². The zero-order valence-electron chi connectivity index (χ0n) is 16.8. The number of fused-ring (bicyclic) bond motifs is 1. The number of hydrazine groups is 1. The zero-order chi connectivity index (χ0) is 20.8. The number of nitrogens with one attached hydrogen (secondary N) is 1. The number of hydrazone groups is 1. The van der Waals surface area contributed by atoms with Gasteiger partial charge >= 0.3 is 0 Å². The molecular formula is C20H23N8O+. The second-order valence-corrected chi connectivity index (χ2v) is 7.82. The lowest BCUT2D eigenvalue weighted by Crippen LogP contribution is -2.28. The Kier molecular flexibility index (Phi) is 4.30. The van der Waals surface area contributed by atoms with Crippen molar-refractivity contribution in [3.05, 3.63) is 42.4 Å². The highest BCUT2D eigenvalue weighted by molar-refractivity contribution is 5.95. The minimum atomic E-state index is -0.0531. The first-order valence-corrected chi connectivity index (χ1v) is 9.11. The van der Waals surface area contributed by atoms with Crippen molar-refractivity contribution in [2.24, 2.45) is 17.5 Å². The summed E-state index contributed by atoms with van der Waals surface area (Å²) in [6, 6.07) is 5.25. The molecule has 4 rings (SSSR count). The Morgan fingerprint density at radius 3 is 2.72 bits per heavy atom. The number of hydrogen-bond donors (Lipinski definition) is 2. The van der Waals surface area contributed by atoms with E-state index in [1.54, 1.807) is 29.2 Å². The molecule has 0 fully saturated rings. The number of aromatic nitrogens is 4. The normalized spacial score (nSPS) is 15.7. The molecule has 3 aromatic rings. The fraction of sp³-hybridized carbons (Fsp3) is 0.250. The van der Waals surface area contributed by atoms with Gasteiger partial charge < -0.3 is 15.0 Å². The summed E-state index contributed by atoms with van der Waals surface area (Å²) in [7, 11) is 1.88. The summed E-state index contributed by atoms with van der Waals surface area (Å²) in [5.41, 5.74) is 11.2. The molecule has 3 aromatic heterocycles. The molecule has 1 aliphatic rings. The number of aryl methyl sites for hydroxylation is 1. The number of hydrogen-bond acceptors (Lipinski definition) is 6. The van der Waals surface area contributed by atoms with Gasteiger partial charge in [0.25, 0.3) is 0 Å². The summed E-state index contributed by atoms with van der Waals surface area (Å²) in [6.45, 7) is 10.4. The van der Waals surface area contributed by atoms with Crippen molar-refractivity contribution >= 4 is 35.5 Å². The molecule has 1 aliphatic heterocycles. The van der Waals surface area contributed by atoms with Gasteiger partial charge in [-0.3, -0.25) is 0 Å². The van der Waals surface area contributed by atoms with Gasteiger partial charge in [-0.15, -0.1) is 5.43 Å². The van der Waals surface area contributed by atoms with Crippen molar-refractivity contribution in [3.63, 3.8) is 0 Å². The molecule has 29 heavy (non-hydrogen) atoms. The van der Waals surface area contributed by atoms with Crippen LogP contribution in [0.4, 0.5) is 11.8 Å². The monoisotopic (exact) mass is 391 g/mol. The molecule has 0 aromatic carbocycles. The zero-order valence-corrected chi connectivity index (χ0v) is 16.8. The molecule has 3 N–H and O–H groups in total. The van der Waals surface area contributed by atoms with E-state index in [0.29, 0.717) is 34.7 Å². The Morgan fingerprint density at radius 1 is 1.24 bits per heavy atom. The molecule has 4 heterocycles. The van der Waals surface area contributed by atoms with Crippen molar-refractivity contribution in [1.82, 2.24) is 24.9 Å². The SMILES string of the molecule is C=[N+]1N/C(=N/c2nc3ncc(Oc4ccnc(N)c4)cc3n2C)C=C1C(C)(C)C. The summed E-state index contributed by atoms with van der Waals surface area (Å²) in [5.74, 6) is 2.75. The van der Waals surface area contributed by atoms with E-state index < -0.39 is 0 Å². The fourth-order valence-electron chi connectivity index (χ4n) is 3.05. The number of rotatable bonds is 3. The smallest absolute Gasteiger partial charge is 0.234 e. The first-order valence-electron chi connectivity index (χ1n) is 9.11. The lowest BCUT2D eigenvalue weighted by Gasteiger charge is -2.13. The second-order valence-electron chi connectivity index (χ2n) is 7.82. The van der Waals surface area contributed by atoms with E-state index in [4.69, 9.17) is 10.5 Å². The Bertz CT molecular complexity index is 1180. The Balaban J connectivity index is 1.66. The van der Waals surface area contributed by atoms with Gasteiger partial charge in [-0.2, -0.15) is 9.98 Å². The number of nitrogen functional groups attached to an aromatic ring is 1. The van der Waals surface area contributed by atoms with E-state index in [0.717, 1.165) is 11.2 Å². The predicted molar refractivity (Wildman–Crippen MR) is 112 cm³/mol. The highest BCUT2D eigenvalue weighted by atomic mass is 16.5. The summed E-state index contributed by atoms with van der Waals surface area (Å²) in [4.78, 5) is 17.5. The third kappa shape index (κ3) is 3.66. The number of allylic oxidation sites excluding steroid dienone is 1. The third-order valence-corrected chi connectivity index (χ3v) is 4.48. The van der Waals surface area contributed by atoms with Crippen LogP contribution in [-0.4, -0.2) is 36.8 Å². The van der Waals surface area contributed by atoms with Crippen LogP contribution < -0.4 is 15.9 Å². The number of amidine groups is 1. The number of imidazole rings is 1. The van der Waals surface area contributed by atoms with Gasteiger partial charge in [-0.25, -0.2) is 9.97 Å². The van der Waals surface area contributed by atoms with E-state index in [1.165, 1.54) is 0 Å². The van der Waals surface area contributed by atoms with Crippen molar-refractivity contribution in [3.8, 4) is 11.5 Å². The Morgan fingerprint density at radius 2 is 2.03 bits per heavy atom. The van der Waals surface area contributed by atoms with Gasteiger partial charge in [0.2, 0.25) is 11.6 Å². The van der Waals surface area contributed by atoms with E-state index >= 15 is 0 Å². The summed E-state index contributed by atoms with van der Waals surface area (Å²) in [6.07, 6.45) is 5.18. The molecule has 0 unspecified atom stereocenters. The number of aliphatic imine (C=N–C) groups is 1. The maximum atomic E-state index is 5.83. The lowest BCUT2D eigenvalue weighted by atomic mass is 9.92. The molecule has 0 atom stereocenters. The number of pyridine rings is 2. The Hall–Kier alpha value is -3.75. The molecule has 0 saturated heterocycles. The average molecular weight is 391 g/mol. The topological polar surface area (TPSA) is 106 Å². The minimum absolute atomic E-state index is 0.0531. The van der Waals surface area contributed by atoms with E-state index in [2.05, 4.69) is 52.9 Å². The molecule has 0 bridgehead atoms. The van der Waals surface area contributed by atoms with Crippen LogP contribution in [0.25, 0.3) is 11.2 Å². The van der Waals surface area contributed by atoms with Crippen LogP contribution in [0, 0.1) is 5.41 Å². The molecule has 9 heteroatoms. The Labute approximate surface area is 168 Å². The molecule has 148 valence electrons. The first-order chi connectivity index (χ1) is 13.7. The van der Waals surface area contributed by atoms with Crippen LogP contribution in [0.1, 0.15) is 20.8 Å². The molecule has 0 amide bonds. The van der Waals surface area contributed by atoms with Crippen LogP contribution in [0.2, 0.25) is 0 Å². The van der Waals surface area contributed by atoms with E-state index in [1.807, 2.05) is 23.8 Å². The van der Waals surface area contributed by atoms with Crippen LogP contribution in [0.15, 0.2) is 47.4 Å². The van der Waals surface area contributed by atoms with Crippen LogP contribution in [0.5, 0.6) is 11.5 Å². The van der Waals surface area contributed by atoms with Crippen molar-refractivity contribution in [2.75, 3.05) is 5.73 Å². The quantitative estimate of drug-likeness (QED) is 0.665. The second kappa shape index (κ2) is 6.69. The predicted octanol–water partition coefficient (Wildman–Crippen LogP) is 2.93. The standard InChI is InChI=1S/C20H23N8O/c1-20(2,3)15-10-17(26-28(15)5)24-19-25-18-14(27(19)4)8-13(11-23-18)29-12-6-7-22-16(21)9-12/h6-11H,5H2,1-4H3,(H2,21,22)(H,23,24,25,26)/q+1. The number of nitrogens with two attached hydrogens (primary N) is 1. The molecular weight excluding hydrogens is 368 g/mol. The van der Waals surface area contributed by atoms with Crippen LogP contribution in [0.3, 0.4) is 0 Å². The summed E-state index contributed by atoms with van der Waals surface area (Å²) in [5, 5.41) is 0. The maximum Gasteiger partial charge on any atom is 0.234 e. The van der Waals surface area contributed by atoms with Crippen molar-refractivity contribution < 1.29 is 9.42 Å². The minimum Gasteiger partial charge on any atom is -0.455 e. The third-order valence-electron chi connectivity index (χ3n) is 4.48. The van der Waals surface area contributed by atoms with Crippen molar-refractivity contribution in [1.29, 1.82) is 0 Å². The number of ether oxygens (including phenoxy) is 1. The first kappa shape index (κ1) is 18.6. The van der Waals surface area contributed by atoms with Gasteiger partial charge in [0.1, 0.15) is 17.3 Å². The molecule has 0 radical (unpaired) electrons. The molecule has 0 spiro atoms. The van der Waals surface area contributed by atoms with Gasteiger partial charge in [0.15, 0.2) is 18.2 Å². The van der Waals surface area contributed by atoms with E-state index in [9.17, 15) is 0 Å². The molecule has 0 saturated carbocycles. The lowest BCUT2D eigenvalue weighted by molar-refractivity contribution is -0.517. The van der Waals surface area contributed by atoms with Gasteiger partial charge in [-0.1, -0.05) is 25.5 Å². The highest BCUT2D eigenvalue weighted by Crippen LogP contribution is 2.29. The van der Waals surface area contributed by atoms with Gasteiger partial charge in [0, 0.05) is 30.8 Å². The number of nitrogens with zero attached hydrogens (tertiary/aromatic N) is 6. The van der Waals surface area contributed by atoms with Crippen LogP contribution in [-0.2, 0) is 7.05 Å².